The predicted octanol–water partition coefficient (Wildman–Crippen LogP) is 3.12. The van der Waals surface area contributed by atoms with Gasteiger partial charge in [-0.2, -0.15) is 0 Å². The van der Waals surface area contributed by atoms with Gasteiger partial charge in [-0.3, -0.25) is 0 Å². The molecule has 1 N–H and O–H groups in total. The molecule has 0 unspecified atom stereocenters. The summed E-state index contributed by atoms with van der Waals surface area (Å²) in [6.45, 7) is 2.31. The van der Waals surface area contributed by atoms with Crippen molar-refractivity contribution in [1.29, 1.82) is 0 Å². The van der Waals surface area contributed by atoms with Crippen LogP contribution in [0.5, 0.6) is 0 Å². The summed E-state index contributed by atoms with van der Waals surface area (Å²) in [5.41, 5.74) is 1.05. The van der Waals surface area contributed by atoms with E-state index in [9.17, 15) is 0 Å². The van der Waals surface area contributed by atoms with Gasteiger partial charge >= 0.3 is 0 Å². The first-order chi connectivity index (χ1) is 7.24. The Hall–Kier alpha value is -0.280. The summed E-state index contributed by atoms with van der Waals surface area (Å²) >= 11 is 11.7. The lowest BCUT2D eigenvalue weighted by Gasteiger charge is -2.05. The van der Waals surface area contributed by atoms with Crippen LogP contribution in [0, 0.1) is 0 Å². The first-order valence-electron chi connectivity index (χ1n) is 4.90. The van der Waals surface area contributed by atoms with E-state index in [2.05, 4.69) is 5.32 Å². The van der Waals surface area contributed by atoms with Gasteiger partial charge in [0, 0.05) is 6.61 Å². The second-order valence-electron chi connectivity index (χ2n) is 3.26. The van der Waals surface area contributed by atoms with Crippen molar-refractivity contribution in [2.75, 3.05) is 20.2 Å². The van der Waals surface area contributed by atoms with E-state index in [0.29, 0.717) is 16.7 Å². The first kappa shape index (κ1) is 12.8. The number of rotatable bonds is 6. The molecule has 4 heteroatoms. The SMILES string of the molecule is CNCCCOCc1ccc(Cl)c(Cl)c1. The minimum Gasteiger partial charge on any atom is -0.377 e. The summed E-state index contributed by atoms with van der Waals surface area (Å²) in [5, 5.41) is 4.22. The van der Waals surface area contributed by atoms with Crippen molar-refractivity contribution in [3.63, 3.8) is 0 Å². The molecule has 0 atom stereocenters. The molecule has 84 valence electrons. The molecule has 0 aromatic heterocycles. The van der Waals surface area contributed by atoms with Gasteiger partial charge in [-0.05, 0) is 37.7 Å². The summed E-state index contributed by atoms with van der Waals surface area (Å²) in [7, 11) is 1.93. The molecule has 0 aliphatic carbocycles. The third-order valence-corrected chi connectivity index (χ3v) is 2.71. The number of ether oxygens (including phenoxy) is 1. The Kier molecular flexibility index (Phi) is 6.03. The Morgan fingerprint density at radius 2 is 2.07 bits per heavy atom. The summed E-state index contributed by atoms with van der Waals surface area (Å²) < 4.78 is 5.47. The quantitative estimate of drug-likeness (QED) is 0.781. The molecule has 0 aliphatic heterocycles. The fourth-order valence-corrected chi connectivity index (χ4v) is 1.49. The van der Waals surface area contributed by atoms with Crippen LogP contribution in [0.1, 0.15) is 12.0 Å². The fraction of sp³-hybridized carbons (Fsp3) is 0.455. The van der Waals surface area contributed by atoms with Crippen molar-refractivity contribution >= 4 is 23.2 Å². The molecule has 0 bridgehead atoms. The molecule has 0 radical (unpaired) electrons. The van der Waals surface area contributed by atoms with E-state index in [1.807, 2.05) is 19.2 Å². The van der Waals surface area contributed by atoms with Gasteiger partial charge in [0.15, 0.2) is 0 Å². The molecule has 15 heavy (non-hydrogen) atoms. The summed E-state index contributed by atoms with van der Waals surface area (Å²) in [6.07, 6.45) is 1.01. The number of halogens is 2. The Morgan fingerprint density at radius 3 is 2.73 bits per heavy atom. The van der Waals surface area contributed by atoms with Crippen LogP contribution in [0.3, 0.4) is 0 Å². The molecule has 1 rings (SSSR count). The lowest BCUT2D eigenvalue weighted by molar-refractivity contribution is 0.119. The van der Waals surface area contributed by atoms with Crippen molar-refractivity contribution in [3.8, 4) is 0 Å². The molecular formula is C11H15Cl2NO. The maximum Gasteiger partial charge on any atom is 0.0717 e. The van der Waals surface area contributed by atoms with Crippen LogP contribution in [-0.2, 0) is 11.3 Å². The molecule has 0 amide bonds. The highest BCUT2D eigenvalue weighted by atomic mass is 35.5. The van der Waals surface area contributed by atoms with Crippen LogP contribution in [0.2, 0.25) is 10.0 Å². The standard InChI is InChI=1S/C11H15Cl2NO/c1-14-5-2-6-15-8-9-3-4-10(12)11(13)7-9/h3-4,7,14H,2,5-6,8H2,1H3. The maximum absolute atomic E-state index is 5.88. The highest BCUT2D eigenvalue weighted by molar-refractivity contribution is 6.41. The van der Waals surface area contributed by atoms with Gasteiger partial charge in [0.1, 0.15) is 0 Å². The number of nitrogens with one attached hydrogen (secondary N) is 1. The Balaban J connectivity index is 2.28. The minimum atomic E-state index is 0.577. The molecular weight excluding hydrogens is 233 g/mol. The summed E-state index contributed by atoms with van der Waals surface area (Å²) in [6, 6.07) is 5.55. The average molecular weight is 248 g/mol. The van der Waals surface area contributed by atoms with E-state index in [0.717, 1.165) is 25.1 Å². The van der Waals surface area contributed by atoms with Crippen molar-refractivity contribution in [3.05, 3.63) is 33.8 Å². The van der Waals surface area contributed by atoms with Gasteiger partial charge in [-0.25, -0.2) is 0 Å². The highest BCUT2D eigenvalue weighted by Crippen LogP contribution is 2.22. The monoisotopic (exact) mass is 247 g/mol. The van der Waals surface area contributed by atoms with E-state index < -0.39 is 0 Å². The molecule has 0 heterocycles. The predicted molar refractivity (Wildman–Crippen MR) is 64.7 cm³/mol. The molecule has 0 aliphatic rings. The van der Waals surface area contributed by atoms with E-state index >= 15 is 0 Å². The topological polar surface area (TPSA) is 21.3 Å². The van der Waals surface area contributed by atoms with Crippen LogP contribution >= 0.6 is 23.2 Å². The van der Waals surface area contributed by atoms with E-state index in [1.165, 1.54) is 0 Å². The summed E-state index contributed by atoms with van der Waals surface area (Å²) in [5.74, 6) is 0. The maximum atomic E-state index is 5.88. The Labute approximate surface area is 101 Å². The minimum absolute atomic E-state index is 0.577. The van der Waals surface area contributed by atoms with Crippen LogP contribution in [0.4, 0.5) is 0 Å². The zero-order valence-electron chi connectivity index (χ0n) is 8.72. The fourth-order valence-electron chi connectivity index (χ4n) is 1.17. The molecule has 0 spiro atoms. The number of benzene rings is 1. The van der Waals surface area contributed by atoms with Crippen LogP contribution in [0.15, 0.2) is 18.2 Å². The highest BCUT2D eigenvalue weighted by Gasteiger charge is 1.99. The van der Waals surface area contributed by atoms with Gasteiger partial charge in [-0.15, -0.1) is 0 Å². The summed E-state index contributed by atoms with van der Waals surface area (Å²) in [4.78, 5) is 0. The molecule has 2 nitrogen and oxygen atoms in total. The largest absolute Gasteiger partial charge is 0.377 e. The third kappa shape index (κ3) is 4.85. The van der Waals surface area contributed by atoms with Crippen LogP contribution in [0.25, 0.3) is 0 Å². The second kappa shape index (κ2) is 7.07. The lowest BCUT2D eigenvalue weighted by Crippen LogP contribution is -2.10. The molecule has 0 fully saturated rings. The molecule has 1 aromatic rings. The van der Waals surface area contributed by atoms with E-state index in [-0.39, 0.29) is 0 Å². The average Bonchev–Trinajstić information content (AvgIpc) is 2.23. The van der Waals surface area contributed by atoms with Crippen LogP contribution in [-0.4, -0.2) is 20.2 Å². The van der Waals surface area contributed by atoms with Crippen molar-refractivity contribution in [1.82, 2.24) is 5.32 Å². The lowest BCUT2D eigenvalue weighted by atomic mass is 10.2. The Bertz CT molecular complexity index is 305. The normalized spacial score (nSPS) is 10.6. The van der Waals surface area contributed by atoms with Crippen molar-refractivity contribution in [2.45, 2.75) is 13.0 Å². The smallest absolute Gasteiger partial charge is 0.0717 e. The number of hydrogen-bond donors (Lipinski definition) is 1. The second-order valence-corrected chi connectivity index (χ2v) is 4.07. The molecule has 0 saturated carbocycles. The van der Waals surface area contributed by atoms with Crippen molar-refractivity contribution in [2.24, 2.45) is 0 Å². The first-order valence-corrected chi connectivity index (χ1v) is 5.66. The van der Waals surface area contributed by atoms with Crippen LogP contribution < -0.4 is 5.32 Å². The van der Waals surface area contributed by atoms with E-state index in [4.69, 9.17) is 27.9 Å². The molecule has 1 aromatic carbocycles. The van der Waals surface area contributed by atoms with Crippen molar-refractivity contribution < 1.29 is 4.74 Å². The zero-order valence-corrected chi connectivity index (χ0v) is 10.2. The molecule has 0 saturated heterocycles. The van der Waals surface area contributed by atoms with E-state index in [1.54, 1.807) is 6.07 Å². The third-order valence-electron chi connectivity index (χ3n) is 1.97. The van der Waals surface area contributed by atoms with Gasteiger partial charge in [0.2, 0.25) is 0 Å². The number of hydrogen-bond acceptors (Lipinski definition) is 2. The van der Waals surface area contributed by atoms with Gasteiger partial charge in [0.25, 0.3) is 0 Å². The van der Waals surface area contributed by atoms with Gasteiger partial charge < -0.3 is 10.1 Å². The van der Waals surface area contributed by atoms with Gasteiger partial charge in [-0.1, -0.05) is 29.3 Å². The zero-order chi connectivity index (χ0) is 11.1. The Morgan fingerprint density at radius 1 is 1.27 bits per heavy atom. The van der Waals surface area contributed by atoms with Gasteiger partial charge in [0.05, 0.1) is 16.7 Å².